The van der Waals surface area contributed by atoms with Gasteiger partial charge in [0.2, 0.25) is 5.91 Å². The number of ether oxygens (including phenoxy) is 1. The molecule has 11 nitrogen and oxygen atoms in total. The molecule has 3 aromatic carbocycles. The molecular weight excluding hydrogens is 716 g/mol. The molecule has 4 heterocycles. The number of hydrogen-bond donors (Lipinski definition) is 4. The predicted molar refractivity (Wildman–Crippen MR) is 197 cm³/mol. The maximum Gasteiger partial charge on any atom is 0.264 e. The molecule has 2 aromatic heterocycles. The fourth-order valence-electron chi connectivity index (χ4n) is 7.95. The number of fused-ring (bicyclic) bond motifs is 3. The second-order valence-electron chi connectivity index (χ2n) is 13.9. The zero-order valence-electron chi connectivity index (χ0n) is 28.3. The van der Waals surface area contributed by atoms with Gasteiger partial charge in [0.15, 0.2) is 13.9 Å². The average Bonchev–Trinajstić information content (AvgIpc) is 3.83. The number of para-hydroxylation sites is 1. The maximum absolute atomic E-state index is 14.7. The lowest BCUT2D eigenvalue weighted by Crippen LogP contribution is -2.46. The van der Waals surface area contributed by atoms with E-state index in [0.29, 0.717) is 37.3 Å². The van der Waals surface area contributed by atoms with Crippen LogP contribution in [0.2, 0.25) is 18.6 Å². The van der Waals surface area contributed by atoms with Crippen LogP contribution in [0, 0.1) is 5.92 Å². The van der Waals surface area contributed by atoms with E-state index in [4.69, 9.17) is 4.74 Å². The first kappa shape index (κ1) is 34.3. The Labute approximate surface area is 299 Å². The number of H-pyrrole nitrogens is 1. The summed E-state index contributed by atoms with van der Waals surface area (Å²) in [5.74, 6) is -0.550. The fourth-order valence-corrected chi connectivity index (χ4v) is 10.9. The van der Waals surface area contributed by atoms with Gasteiger partial charge < -0.3 is 29.8 Å². The van der Waals surface area contributed by atoms with Crippen LogP contribution in [0.5, 0.6) is 0 Å². The standard InChI is InChI=1S/C37H41BrN6O5Si/c1-23-35(50(2,3)48)33(14-16-43-22-28(15-17-45)41-42-43)49-37(23)30-19-26(38)10-13-32(30)44(36(37)47)21-24-8-11-27(12-9-24)40-34(46)18-25-20-39-31-7-5-4-6-29(25)31/h4-13,19-20,22-23,33,35,39,45,48H,14-18,21H2,1-3H3,(H,40,46)/t23-,33+,35-,37+/m0/s1. The molecule has 4 N–H and O–H groups in total. The number of carbonyl (C=O) groups is 2. The molecule has 7 rings (SSSR count). The maximum atomic E-state index is 14.7. The molecule has 0 aliphatic carbocycles. The van der Waals surface area contributed by atoms with Crippen molar-refractivity contribution in [3.8, 4) is 0 Å². The Bertz CT molecular complexity index is 2040. The quantitative estimate of drug-likeness (QED) is 0.127. The number of halogens is 1. The van der Waals surface area contributed by atoms with E-state index in [1.54, 1.807) is 9.58 Å². The summed E-state index contributed by atoms with van der Waals surface area (Å²) in [6.45, 7) is 6.68. The third kappa shape index (κ3) is 6.32. The van der Waals surface area contributed by atoms with Gasteiger partial charge in [-0.2, -0.15) is 0 Å². The van der Waals surface area contributed by atoms with Gasteiger partial charge in [-0.05, 0) is 67.0 Å². The monoisotopic (exact) mass is 756 g/mol. The number of aliphatic hydroxyl groups excluding tert-OH is 1. The number of carbonyl (C=O) groups excluding carboxylic acids is 2. The van der Waals surface area contributed by atoms with Crippen LogP contribution in [-0.2, 0) is 45.9 Å². The highest BCUT2D eigenvalue weighted by Crippen LogP contribution is 2.60. The van der Waals surface area contributed by atoms with Crippen molar-refractivity contribution in [2.75, 3.05) is 16.8 Å². The predicted octanol–water partition coefficient (Wildman–Crippen LogP) is 5.67. The van der Waals surface area contributed by atoms with Crippen LogP contribution >= 0.6 is 15.9 Å². The van der Waals surface area contributed by atoms with Crippen molar-refractivity contribution in [3.63, 3.8) is 0 Å². The summed E-state index contributed by atoms with van der Waals surface area (Å²) in [5, 5.41) is 21.6. The van der Waals surface area contributed by atoms with Gasteiger partial charge in [-0.15, -0.1) is 5.10 Å². The molecule has 4 atom stereocenters. The molecule has 0 unspecified atom stereocenters. The summed E-state index contributed by atoms with van der Waals surface area (Å²) in [6, 6.07) is 21.3. The molecule has 2 amide bonds. The summed E-state index contributed by atoms with van der Waals surface area (Å²) in [4.78, 5) is 44.3. The summed E-state index contributed by atoms with van der Waals surface area (Å²) in [6.07, 6.45) is 4.53. The highest BCUT2D eigenvalue weighted by atomic mass is 79.9. The van der Waals surface area contributed by atoms with Gasteiger partial charge in [-0.3, -0.25) is 14.3 Å². The Kier molecular flexibility index (Phi) is 9.28. The highest BCUT2D eigenvalue weighted by molar-refractivity contribution is 9.10. The molecule has 0 bridgehead atoms. The zero-order chi connectivity index (χ0) is 35.2. The van der Waals surface area contributed by atoms with Gasteiger partial charge in [-0.1, -0.05) is 58.4 Å². The van der Waals surface area contributed by atoms with E-state index in [1.807, 2.05) is 99.1 Å². The van der Waals surface area contributed by atoms with Crippen LogP contribution in [0.1, 0.15) is 35.7 Å². The van der Waals surface area contributed by atoms with E-state index in [1.165, 1.54) is 0 Å². The van der Waals surface area contributed by atoms with E-state index < -0.39 is 13.9 Å². The van der Waals surface area contributed by atoms with E-state index in [-0.39, 0.29) is 42.4 Å². The molecule has 50 heavy (non-hydrogen) atoms. The smallest absolute Gasteiger partial charge is 0.264 e. The number of amides is 2. The Morgan fingerprint density at radius 2 is 1.92 bits per heavy atom. The van der Waals surface area contributed by atoms with Crippen LogP contribution in [-0.4, -0.2) is 62.7 Å². The number of nitrogens with one attached hydrogen (secondary N) is 2. The van der Waals surface area contributed by atoms with Crippen molar-refractivity contribution >= 4 is 58.3 Å². The second-order valence-corrected chi connectivity index (χ2v) is 18.8. The van der Waals surface area contributed by atoms with E-state index in [9.17, 15) is 19.5 Å². The zero-order valence-corrected chi connectivity index (χ0v) is 30.9. The number of rotatable bonds is 11. The van der Waals surface area contributed by atoms with Crippen LogP contribution in [0.25, 0.3) is 10.9 Å². The molecule has 0 saturated carbocycles. The van der Waals surface area contributed by atoms with E-state index in [2.05, 4.69) is 36.5 Å². The largest absolute Gasteiger partial charge is 0.432 e. The molecule has 13 heteroatoms. The first-order valence-corrected chi connectivity index (χ1v) is 20.8. The molecule has 260 valence electrons. The van der Waals surface area contributed by atoms with Crippen molar-refractivity contribution < 1.29 is 24.2 Å². The Balaban J connectivity index is 1.10. The normalized spacial score (nSPS) is 21.8. The molecule has 1 fully saturated rings. The van der Waals surface area contributed by atoms with Crippen molar-refractivity contribution in [1.29, 1.82) is 0 Å². The number of aromatic amines is 1. The van der Waals surface area contributed by atoms with Crippen LogP contribution < -0.4 is 10.2 Å². The number of aromatic nitrogens is 4. The number of nitrogens with zero attached hydrogens (tertiary/aromatic N) is 4. The molecule has 1 spiro atoms. The Morgan fingerprint density at radius 3 is 2.68 bits per heavy atom. The van der Waals surface area contributed by atoms with Crippen molar-refractivity contribution in [3.05, 3.63) is 106 Å². The highest BCUT2D eigenvalue weighted by Gasteiger charge is 2.66. The van der Waals surface area contributed by atoms with E-state index in [0.717, 1.165) is 37.8 Å². The van der Waals surface area contributed by atoms with Crippen molar-refractivity contribution in [2.24, 2.45) is 5.92 Å². The number of anilines is 2. The second kappa shape index (κ2) is 13.5. The van der Waals surface area contributed by atoms with Gasteiger partial charge in [0.1, 0.15) is 0 Å². The van der Waals surface area contributed by atoms with Crippen molar-refractivity contribution in [2.45, 2.75) is 69.6 Å². The lowest BCUT2D eigenvalue weighted by Gasteiger charge is -2.32. The van der Waals surface area contributed by atoms with Crippen LogP contribution in [0.15, 0.2) is 83.6 Å². The van der Waals surface area contributed by atoms with Crippen LogP contribution in [0.3, 0.4) is 0 Å². The lowest BCUT2D eigenvalue weighted by molar-refractivity contribution is -0.146. The minimum Gasteiger partial charge on any atom is -0.432 e. The van der Waals surface area contributed by atoms with Crippen LogP contribution in [0.4, 0.5) is 11.4 Å². The summed E-state index contributed by atoms with van der Waals surface area (Å²) >= 11 is 3.63. The number of aliphatic hydroxyl groups is 1. The van der Waals surface area contributed by atoms with Gasteiger partial charge in [0, 0.05) is 70.1 Å². The Morgan fingerprint density at radius 1 is 1.14 bits per heavy atom. The first-order chi connectivity index (χ1) is 24.0. The Hall–Kier alpha value is -4.14. The minimum absolute atomic E-state index is 0.00235. The van der Waals surface area contributed by atoms with Gasteiger partial charge >= 0.3 is 0 Å². The van der Waals surface area contributed by atoms with Gasteiger partial charge in [0.25, 0.3) is 5.91 Å². The third-order valence-electron chi connectivity index (χ3n) is 10.1. The minimum atomic E-state index is -2.83. The molecule has 2 aliphatic heterocycles. The SMILES string of the molecule is C[C@H]1[C@H]([Si](C)(C)O)[C@@H](CCn2cc(CCO)nn2)O[C@]12C(=O)N(Cc1ccc(NC(=O)Cc3c[nH]c4ccccc34)cc1)c1ccc(Br)cc12. The van der Waals surface area contributed by atoms with E-state index >= 15 is 0 Å². The summed E-state index contributed by atoms with van der Waals surface area (Å²) in [5.41, 5.74) is 4.32. The molecule has 0 radical (unpaired) electrons. The van der Waals surface area contributed by atoms with Crippen molar-refractivity contribution in [1.82, 2.24) is 20.0 Å². The molecule has 1 saturated heterocycles. The number of hydrogen-bond acceptors (Lipinski definition) is 7. The fraction of sp³-hybridized carbons (Fsp3) is 0.351. The topological polar surface area (TPSA) is 146 Å². The first-order valence-electron chi connectivity index (χ1n) is 16.9. The van der Waals surface area contributed by atoms with Gasteiger partial charge in [-0.25, -0.2) is 0 Å². The molecular formula is C37H41BrN6O5Si. The number of benzene rings is 3. The average molecular weight is 758 g/mol. The molecule has 2 aliphatic rings. The third-order valence-corrected chi connectivity index (χ3v) is 13.1. The van der Waals surface area contributed by atoms with Gasteiger partial charge in [0.05, 0.1) is 30.5 Å². The lowest BCUT2D eigenvalue weighted by atomic mass is 9.82. The summed E-state index contributed by atoms with van der Waals surface area (Å²) < 4.78 is 9.51. The molecule has 5 aromatic rings. The number of aryl methyl sites for hydroxylation is 1. The summed E-state index contributed by atoms with van der Waals surface area (Å²) in [7, 11) is -2.83.